The molecule has 1 aliphatic rings. The van der Waals surface area contributed by atoms with Crippen molar-refractivity contribution >= 4 is 22.9 Å². The van der Waals surface area contributed by atoms with Crippen molar-refractivity contribution in [3.8, 4) is 0 Å². The number of nitrogens with two attached hydrogens (primary N) is 1. The number of aliphatic hydroxyl groups excluding tert-OH is 1. The molecule has 2 rings (SSSR count). The van der Waals surface area contributed by atoms with Crippen LogP contribution in [0.3, 0.4) is 0 Å². The maximum absolute atomic E-state index is 9.43. The number of thiophene rings is 1. The lowest BCUT2D eigenvalue weighted by Gasteiger charge is -2.33. The van der Waals surface area contributed by atoms with Crippen LogP contribution >= 0.6 is 22.9 Å². The Morgan fingerprint density at radius 3 is 2.83 bits per heavy atom. The van der Waals surface area contributed by atoms with Gasteiger partial charge in [-0.2, -0.15) is 0 Å². The summed E-state index contributed by atoms with van der Waals surface area (Å²) >= 11 is 7.55. The molecule has 4 N–H and O–H groups in total. The Labute approximate surface area is 117 Å². The normalized spacial score (nSPS) is 26.2. The van der Waals surface area contributed by atoms with Crippen molar-refractivity contribution in [2.75, 3.05) is 13.2 Å². The van der Waals surface area contributed by atoms with Crippen molar-refractivity contribution in [3.05, 3.63) is 21.3 Å². The molecule has 0 bridgehead atoms. The highest BCUT2D eigenvalue weighted by molar-refractivity contribution is 7.16. The van der Waals surface area contributed by atoms with E-state index in [9.17, 15) is 5.11 Å². The zero-order valence-electron chi connectivity index (χ0n) is 10.4. The average molecular weight is 289 g/mol. The quantitative estimate of drug-likeness (QED) is 0.780. The molecule has 0 radical (unpaired) electrons. The number of nitrogens with one attached hydrogen (secondary N) is 1. The van der Waals surface area contributed by atoms with Gasteiger partial charge in [-0.15, -0.1) is 11.3 Å². The molecule has 18 heavy (non-hydrogen) atoms. The van der Waals surface area contributed by atoms with Gasteiger partial charge in [0.15, 0.2) is 0 Å². The van der Waals surface area contributed by atoms with E-state index in [4.69, 9.17) is 17.3 Å². The maximum atomic E-state index is 9.43. The van der Waals surface area contributed by atoms with E-state index in [2.05, 4.69) is 5.32 Å². The van der Waals surface area contributed by atoms with E-state index in [1.807, 2.05) is 12.1 Å². The first-order chi connectivity index (χ1) is 8.74. The zero-order chi connectivity index (χ0) is 13.0. The summed E-state index contributed by atoms with van der Waals surface area (Å²) in [5.41, 5.74) is 5.86. The molecule has 1 saturated carbocycles. The average Bonchev–Trinajstić information content (AvgIpc) is 2.83. The molecule has 0 spiro atoms. The highest BCUT2D eigenvalue weighted by Gasteiger charge is 2.27. The number of hydrogen-bond donors (Lipinski definition) is 3. The van der Waals surface area contributed by atoms with Gasteiger partial charge in [-0.1, -0.05) is 24.4 Å². The van der Waals surface area contributed by atoms with E-state index < -0.39 is 0 Å². The zero-order valence-corrected chi connectivity index (χ0v) is 12.0. The number of rotatable bonds is 5. The van der Waals surface area contributed by atoms with Gasteiger partial charge in [-0.05, 0) is 30.9 Å². The van der Waals surface area contributed by atoms with Crippen molar-refractivity contribution in [1.82, 2.24) is 5.32 Å². The molecule has 5 heteroatoms. The lowest BCUT2D eigenvalue weighted by atomic mass is 9.84. The van der Waals surface area contributed by atoms with Crippen LogP contribution in [0.15, 0.2) is 12.1 Å². The summed E-state index contributed by atoms with van der Waals surface area (Å²) < 4.78 is 0.799. The highest BCUT2D eigenvalue weighted by Crippen LogP contribution is 2.30. The van der Waals surface area contributed by atoms with E-state index in [0.29, 0.717) is 18.5 Å². The molecular formula is C13H21ClN2OS. The molecule has 3 atom stereocenters. The Morgan fingerprint density at radius 2 is 2.22 bits per heavy atom. The SMILES string of the molecule is NCC(NC1CCCCC1CO)c1ccc(Cl)s1. The summed E-state index contributed by atoms with van der Waals surface area (Å²) in [6, 6.07) is 4.47. The predicted molar refractivity (Wildman–Crippen MR) is 77.1 cm³/mol. The van der Waals surface area contributed by atoms with Crippen molar-refractivity contribution < 1.29 is 5.11 Å². The van der Waals surface area contributed by atoms with Gasteiger partial charge in [0.25, 0.3) is 0 Å². The summed E-state index contributed by atoms with van der Waals surface area (Å²) in [5.74, 6) is 0.364. The van der Waals surface area contributed by atoms with Gasteiger partial charge in [-0.25, -0.2) is 0 Å². The van der Waals surface area contributed by atoms with Crippen molar-refractivity contribution in [2.24, 2.45) is 11.7 Å². The highest BCUT2D eigenvalue weighted by atomic mass is 35.5. The predicted octanol–water partition coefficient (Wildman–Crippen LogP) is 2.54. The van der Waals surface area contributed by atoms with Gasteiger partial charge in [0, 0.05) is 24.1 Å². The second-order valence-electron chi connectivity index (χ2n) is 4.93. The van der Waals surface area contributed by atoms with E-state index in [-0.39, 0.29) is 12.6 Å². The van der Waals surface area contributed by atoms with Crippen LogP contribution in [-0.4, -0.2) is 24.3 Å². The minimum atomic E-state index is 0.152. The van der Waals surface area contributed by atoms with Crippen molar-refractivity contribution in [2.45, 2.75) is 37.8 Å². The van der Waals surface area contributed by atoms with Crippen LogP contribution in [0, 0.1) is 5.92 Å². The number of aliphatic hydroxyl groups is 1. The molecule has 1 aromatic rings. The van der Waals surface area contributed by atoms with Crippen LogP contribution < -0.4 is 11.1 Å². The molecule has 1 heterocycles. The maximum Gasteiger partial charge on any atom is 0.0931 e. The van der Waals surface area contributed by atoms with Gasteiger partial charge in [0.05, 0.1) is 10.4 Å². The Balaban J connectivity index is 2.00. The van der Waals surface area contributed by atoms with Crippen molar-refractivity contribution in [1.29, 1.82) is 0 Å². The molecular weight excluding hydrogens is 268 g/mol. The van der Waals surface area contributed by atoms with Gasteiger partial charge < -0.3 is 16.2 Å². The van der Waals surface area contributed by atoms with Crippen LogP contribution in [0.1, 0.15) is 36.6 Å². The Kier molecular flexibility index (Phi) is 5.45. The smallest absolute Gasteiger partial charge is 0.0931 e. The lowest BCUT2D eigenvalue weighted by molar-refractivity contribution is 0.146. The second-order valence-corrected chi connectivity index (χ2v) is 6.68. The van der Waals surface area contributed by atoms with E-state index in [0.717, 1.165) is 17.2 Å². The van der Waals surface area contributed by atoms with Gasteiger partial charge in [0.2, 0.25) is 0 Å². The monoisotopic (exact) mass is 288 g/mol. The molecule has 3 unspecified atom stereocenters. The first-order valence-corrected chi connectivity index (χ1v) is 7.76. The second kappa shape index (κ2) is 6.87. The summed E-state index contributed by atoms with van der Waals surface area (Å²) in [6.07, 6.45) is 4.69. The van der Waals surface area contributed by atoms with E-state index in [1.54, 1.807) is 11.3 Å². The Hall–Kier alpha value is -0.130. The number of hydrogen-bond acceptors (Lipinski definition) is 4. The van der Waals surface area contributed by atoms with Crippen LogP contribution in [0.4, 0.5) is 0 Å². The summed E-state index contributed by atoms with van der Waals surface area (Å²) in [6.45, 7) is 0.825. The molecule has 0 aromatic carbocycles. The molecule has 0 aliphatic heterocycles. The van der Waals surface area contributed by atoms with Gasteiger partial charge in [0.1, 0.15) is 0 Å². The molecule has 0 saturated heterocycles. The van der Waals surface area contributed by atoms with Crippen LogP contribution in [0.2, 0.25) is 4.34 Å². The molecule has 0 amide bonds. The Bertz CT molecular complexity index is 372. The fourth-order valence-electron chi connectivity index (χ4n) is 2.69. The topological polar surface area (TPSA) is 58.3 Å². The summed E-state index contributed by atoms with van der Waals surface area (Å²) in [5, 5.41) is 13.0. The fourth-order valence-corrected chi connectivity index (χ4v) is 3.82. The summed E-state index contributed by atoms with van der Waals surface area (Å²) in [7, 11) is 0. The molecule has 1 aromatic heterocycles. The lowest BCUT2D eigenvalue weighted by Crippen LogP contribution is -2.43. The van der Waals surface area contributed by atoms with E-state index >= 15 is 0 Å². The largest absolute Gasteiger partial charge is 0.396 e. The Morgan fingerprint density at radius 1 is 1.44 bits per heavy atom. The first-order valence-electron chi connectivity index (χ1n) is 6.56. The molecule has 1 fully saturated rings. The standard InChI is InChI=1S/C13H21ClN2OS/c14-13-6-5-12(18-13)11(7-15)16-10-4-2-1-3-9(10)8-17/h5-6,9-11,16-17H,1-4,7-8,15H2. The van der Waals surface area contributed by atoms with Gasteiger partial charge in [-0.3, -0.25) is 0 Å². The van der Waals surface area contributed by atoms with Gasteiger partial charge >= 0.3 is 0 Å². The van der Waals surface area contributed by atoms with Crippen LogP contribution in [-0.2, 0) is 0 Å². The third-order valence-corrected chi connectivity index (χ3v) is 5.08. The minimum Gasteiger partial charge on any atom is -0.396 e. The van der Waals surface area contributed by atoms with E-state index in [1.165, 1.54) is 17.7 Å². The molecule has 102 valence electrons. The van der Waals surface area contributed by atoms with Crippen LogP contribution in [0.25, 0.3) is 0 Å². The number of halogens is 1. The summed E-state index contributed by atoms with van der Waals surface area (Å²) in [4.78, 5) is 1.18. The third-order valence-electron chi connectivity index (χ3n) is 3.73. The minimum absolute atomic E-state index is 0.152. The first kappa shape index (κ1) is 14.3. The van der Waals surface area contributed by atoms with Crippen molar-refractivity contribution in [3.63, 3.8) is 0 Å². The molecule has 1 aliphatic carbocycles. The molecule has 3 nitrogen and oxygen atoms in total. The fraction of sp³-hybridized carbons (Fsp3) is 0.692. The third kappa shape index (κ3) is 3.45. The van der Waals surface area contributed by atoms with Crippen LogP contribution in [0.5, 0.6) is 0 Å².